The SMILES string of the molecule is Cc1ccc2c(c1)C(c1c(C)[nH]n(-c3ccccc3)c1=O)c1ccccc1O2. The van der Waals surface area contributed by atoms with Crippen LogP contribution in [0.15, 0.2) is 77.6 Å². The van der Waals surface area contributed by atoms with E-state index in [0.29, 0.717) is 0 Å². The first-order valence-corrected chi connectivity index (χ1v) is 9.38. The molecule has 1 aliphatic heterocycles. The summed E-state index contributed by atoms with van der Waals surface area (Å²) in [4.78, 5) is 13.5. The maximum absolute atomic E-state index is 13.5. The number of H-pyrrole nitrogens is 1. The van der Waals surface area contributed by atoms with Gasteiger partial charge in [-0.05, 0) is 38.1 Å². The average molecular weight is 368 g/mol. The lowest BCUT2D eigenvalue weighted by atomic mass is 9.82. The van der Waals surface area contributed by atoms with Gasteiger partial charge in [0.1, 0.15) is 11.5 Å². The summed E-state index contributed by atoms with van der Waals surface area (Å²) in [7, 11) is 0. The summed E-state index contributed by atoms with van der Waals surface area (Å²) < 4.78 is 7.76. The van der Waals surface area contributed by atoms with Crippen LogP contribution in [0.4, 0.5) is 0 Å². The van der Waals surface area contributed by atoms with Crippen LogP contribution in [0, 0.1) is 13.8 Å². The van der Waals surface area contributed by atoms with Crippen LogP contribution in [0.5, 0.6) is 11.5 Å². The molecule has 1 aromatic heterocycles. The summed E-state index contributed by atoms with van der Waals surface area (Å²) in [5.74, 6) is 1.43. The molecule has 28 heavy (non-hydrogen) atoms. The number of aryl methyl sites for hydroxylation is 2. The van der Waals surface area contributed by atoms with E-state index in [4.69, 9.17) is 4.74 Å². The van der Waals surface area contributed by atoms with E-state index < -0.39 is 0 Å². The lowest BCUT2D eigenvalue weighted by Gasteiger charge is -2.28. The van der Waals surface area contributed by atoms with Gasteiger partial charge in [0.05, 0.1) is 11.3 Å². The number of nitrogens with zero attached hydrogens (tertiary/aromatic N) is 1. The van der Waals surface area contributed by atoms with E-state index in [-0.39, 0.29) is 11.5 Å². The van der Waals surface area contributed by atoms with Crippen molar-refractivity contribution in [3.63, 3.8) is 0 Å². The molecule has 5 rings (SSSR count). The molecule has 3 aromatic carbocycles. The molecule has 1 aliphatic rings. The number of fused-ring (bicyclic) bond motifs is 2. The first-order chi connectivity index (χ1) is 13.6. The third-order valence-electron chi connectivity index (χ3n) is 5.35. The first-order valence-electron chi connectivity index (χ1n) is 9.38. The molecule has 4 nitrogen and oxygen atoms in total. The summed E-state index contributed by atoms with van der Waals surface area (Å²) in [5.41, 5.74) is 5.60. The standard InChI is InChI=1S/C24H20N2O2/c1-15-12-13-21-19(14-15)23(18-10-6-7-11-20(18)28-21)22-16(2)25-26(24(22)27)17-8-4-3-5-9-17/h3-14,23,25H,1-2H3. The van der Waals surface area contributed by atoms with Gasteiger partial charge in [-0.2, -0.15) is 0 Å². The number of hydrogen-bond acceptors (Lipinski definition) is 2. The smallest absolute Gasteiger partial charge is 0.275 e. The number of para-hydroxylation sites is 2. The Balaban J connectivity index is 1.78. The highest BCUT2D eigenvalue weighted by Gasteiger charge is 2.33. The topological polar surface area (TPSA) is 47.0 Å². The van der Waals surface area contributed by atoms with Gasteiger partial charge in [-0.15, -0.1) is 0 Å². The van der Waals surface area contributed by atoms with E-state index in [1.165, 1.54) is 0 Å². The highest BCUT2D eigenvalue weighted by atomic mass is 16.5. The molecule has 0 spiro atoms. The molecule has 0 fully saturated rings. The Morgan fingerprint density at radius 3 is 2.39 bits per heavy atom. The van der Waals surface area contributed by atoms with Crippen LogP contribution in [-0.4, -0.2) is 9.78 Å². The van der Waals surface area contributed by atoms with Crippen molar-refractivity contribution in [2.45, 2.75) is 19.8 Å². The predicted molar refractivity (Wildman–Crippen MR) is 110 cm³/mol. The number of ether oxygens (including phenoxy) is 1. The van der Waals surface area contributed by atoms with Gasteiger partial charge in [-0.3, -0.25) is 9.89 Å². The lowest BCUT2D eigenvalue weighted by Crippen LogP contribution is -2.22. The Morgan fingerprint density at radius 1 is 0.857 bits per heavy atom. The summed E-state index contributed by atoms with van der Waals surface area (Å²) in [6, 6.07) is 23.8. The van der Waals surface area contributed by atoms with Crippen molar-refractivity contribution in [1.82, 2.24) is 9.78 Å². The molecule has 0 aliphatic carbocycles. The van der Waals surface area contributed by atoms with Crippen molar-refractivity contribution < 1.29 is 4.74 Å². The number of benzene rings is 3. The van der Waals surface area contributed by atoms with Gasteiger partial charge >= 0.3 is 0 Å². The molecular weight excluding hydrogens is 348 g/mol. The van der Waals surface area contributed by atoms with Crippen molar-refractivity contribution >= 4 is 0 Å². The van der Waals surface area contributed by atoms with E-state index in [1.807, 2.05) is 73.7 Å². The minimum Gasteiger partial charge on any atom is -0.457 e. The molecule has 4 aromatic rings. The predicted octanol–water partition coefficient (Wildman–Crippen LogP) is 5.07. The van der Waals surface area contributed by atoms with Gasteiger partial charge in [0.2, 0.25) is 0 Å². The fraction of sp³-hybridized carbons (Fsp3) is 0.125. The maximum Gasteiger partial charge on any atom is 0.275 e. The van der Waals surface area contributed by atoms with Crippen LogP contribution < -0.4 is 10.3 Å². The quantitative estimate of drug-likeness (QED) is 0.473. The van der Waals surface area contributed by atoms with Crippen LogP contribution in [0.25, 0.3) is 5.69 Å². The summed E-state index contributed by atoms with van der Waals surface area (Å²) in [6.45, 7) is 4.02. The third kappa shape index (κ3) is 2.49. The van der Waals surface area contributed by atoms with Crippen LogP contribution >= 0.6 is 0 Å². The Labute approximate surface area is 163 Å². The number of hydrogen-bond donors (Lipinski definition) is 1. The highest BCUT2D eigenvalue weighted by Crippen LogP contribution is 2.47. The third-order valence-corrected chi connectivity index (χ3v) is 5.35. The second-order valence-electron chi connectivity index (χ2n) is 7.24. The Kier molecular flexibility index (Phi) is 3.72. The molecule has 1 N–H and O–H groups in total. The van der Waals surface area contributed by atoms with E-state index in [9.17, 15) is 4.79 Å². The fourth-order valence-corrected chi connectivity index (χ4v) is 4.05. The molecule has 0 radical (unpaired) electrons. The van der Waals surface area contributed by atoms with Gasteiger partial charge in [0.25, 0.3) is 5.56 Å². The summed E-state index contributed by atoms with van der Waals surface area (Å²) in [6.07, 6.45) is 0. The lowest BCUT2D eigenvalue weighted by molar-refractivity contribution is 0.452. The van der Waals surface area contributed by atoms with Crippen molar-refractivity contribution in [3.05, 3.63) is 111 Å². The Hall–Kier alpha value is -3.53. The van der Waals surface area contributed by atoms with Crippen molar-refractivity contribution in [2.75, 3.05) is 0 Å². The molecule has 4 heteroatoms. The van der Waals surface area contributed by atoms with E-state index in [1.54, 1.807) is 4.68 Å². The normalized spacial score (nSPS) is 14.9. The monoisotopic (exact) mass is 368 g/mol. The van der Waals surface area contributed by atoms with E-state index in [2.05, 4.69) is 18.1 Å². The van der Waals surface area contributed by atoms with Crippen molar-refractivity contribution in [3.8, 4) is 17.2 Å². The minimum atomic E-state index is -0.173. The molecule has 1 atom stereocenters. The molecule has 2 heterocycles. The van der Waals surface area contributed by atoms with E-state index in [0.717, 1.165) is 45.1 Å². The van der Waals surface area contributed by atoms with E-state index >= 15 is 0 Å². The summed E-state index contributed by atoms with van der Waals surface area (Å²) >= 11 is 0. The zero-order valence-electron chi connectivity index (χ0n) is 15.8. The number of aromatic nitrogens is 2. The van der Waals surface area contributed by atoms with Gasteiger partial charge in [-0.25, -0.2) is 4.68 Å². The maximum atomic E-state index is 13.5. The molecule has 138 valence electrons. The molecular formula is C24H20N2O2. The van der Waals surface area contributed by atoms with Crippen LogP contribution in [0.1, 0.15) is 33.9 Å². The largest absolute Gasteiger partial charge is 0.457 e. The second kappa shape index (κ2) is 6.27. The van der Waals surface area contributed by atoms with Crippen LogP contribution in [0.2, 0.25) is 0 Å². The number of nitrogens with one attached hydrogen (secondary N) is 1. The molecule has 1 unspecified atom stereocenters. The van der Waals surface area contributed by atoms with Crippen LogP contribution in [0.3, 0.4) is 0 Å². The van der Waals surface area contributed by atoms with Gasteiger partial charge in [0, 0.05) is 22.7 Å². The first kappa shape index (κ1) is 16.6. The second-order valence-corrected chi connectivity index (χ2v) is 7.24. The zero-order chi connectivity index (χ0) is 19.3. The number of rotatable bonds is 2. The Morgan fingerprint density at radius 2 is 1.57 bits per heavy atom. The van der Waals surface area contributed by atoms with Crippen molar-refractivity contribution in [1.29, 1.82) is 0 Å². The Bertz CT molecular complexity index is 1240. The highest BCUT2D eigenvalue weighted by molar-refractivity contribution is 5.59. The van der Waals surface area contributed by atoms with Crippen molar-refractivity contribution in [2.24, 2.45) is 0 Å². The molecule has 0 amide bonds. The fourth-order valence-electron chi connectivity index (χ4n) is 4.05. The molecule has 0 saturated heterocycles. The van der Waals surface area contributed by atoms with Gasteiger partial charge < -0.3 is 4.74 Å². The minimum absolute atomic E-state index is 0.0298. The molecule has 0 saturated carbocycles. The molecule has 0 bridgehead atoms. The van der Waals surface area contributed by atoms with Gasteiger partial charge in [0.15, 0.2) is 0 Å². The van der Waals surface area contributed by atoms with Gasteiger partial charge in [-0.1, -0.05) is 54.1 Å². The average Bonchev–Trinajstić information content (AvgIpc) is 3.01. The summed E-state index contributed by atoms with van der Waals surface area (Å²) in [5, 5.41) is 3.27. The van der Waals surface area contributed by atoms with Crippen LogP contribution in [-0.2, 0) is 0 Å². The zero-order valence-corrected chi connectivity index (χ0v) is 15.8. The number of aromatic amines is 1.